The predicted molar refractivity (Wildman–Crippen MR) is 96.9 cm³/mol. The first-order valence-electron chi connectivity index (χ1n) is 8.66. The van der Waals surface area contributed by atoms with Gasteiger partial charge in [-0.3, -0.25) is 4.79 Å². The Labute approximate surface area is 148 Å². The van der Waals surface area contributed by atoms with Gasteiger partial charge in [0.2, 0.25) is 5.91 Å². The summed E-state index contributed by atoms with van der Waals surface area (Å²) in [5.41, 5.74) is 1.55. The van der Waals surface area contributed by atoms with Crippen LogP contribution in [0.2, 0.25) is 0 Å². The Morgan fingerprint density at radius 2 is 2.00 bits per heavy atom. The van der Waals surface area contributed by atoms with Crippen LogP contribution in [0.1, 0.15) is 31.0 Å². The Morgan fingerprint density at radius 1 is 1.20 bits per heavy atom. The molecule has 2 heterocycles. The fourth-order valence-corrected chi connectivity index (χ4v) is 3.24. The molecule has 0 unspecified atom stereocenters. The van der Waals surface area contributed by atoms with Gasteiger partial charge in [-0.25, -0.2) is 4.98 Å². The Bertz CT molecular complexity index is 769. The second kappa shape index (κ2) is 7.80. The van der Waals surface area contributed by atoms with Crippen LogP contribution in [-0.4, -0.2) is 34.9 Å². The van der Waals surface area contributed by atoms with Gasteiger partial charge in [0.05, 0.1) is 0 Å². The van der Waals surface area contributed by atoms with Crippen LogP contribution < -0.4 is 4.90 Å². The van der Waals surface area contributed by atoms with E-state index in [9.17, 15) is 4.79 Å². The normalized spacial score (nSPS) is 17.9. The number of aromatic nitrogens is 1. The lowest BCUT2D eigenvalue weighted by Gasteiger charge is -2.31. The Balaban J connectivity index is 1.82. The lowest BCUT2D eigenvalue weighted by atomic mass is 10.1. The van der Waals surface area contributed by atoms with Gasteiger partial charge in [0.15, 0.2) is 0 Å². The largest absolute Gasteiger partial charge is 0.354 e. The third-order valence-electron chi connectivity index (χ3n) is 4.63. The van der Waals surface area contributed by atoms with Crippen molar-refractivity contribution in [2.24, 2.45) is 0 Å². The molecule has 1 aliphatic rings. The van der Waals surface area contributed by atoms with Gasteiger partial charge in [-0.2, -0.15) is 5.26 Å². The predicted octanol–water partition coefficient (Wildman–Crippen LogP) is 2.97. The van der Waals surface area contributed by atoms with Crippen LogP contribution in [-0.2, 0) is 11.3 Å². The zero-order valence-electron chi connectivity index (χ0n) is 14.4. The quantitative estimate of drug-likeness (QED) is 0.862. The van der Waals surface area contributed by atoms with Gasteiger partial charge < -0.3 is 9.80 Å². The number of rotatable bonds is 4. The van der Waals surface area contributed by atoms with E-state index in [2.05, 4.69) is 35.0 Å². The van der Waals surface area contributed by atoms with E-state index >= 15 is 0 Å². The molecule has 1 aromatic carbocycles. The standard InChI is InChI=1S/C20H22N4O/c1-2-18-15-23(19-10-6-9-17(13-21)22-19)12-11-20(25)24(18)14-16-7-4-3-5-8-16/h3-10,18H,2,11-12,14-15H2,1H3/t18-/m0/s1. The first kappa shape index (κ1) is 17.0. The molecule has 2 aromatic rings. The van der Waals surface area contributed by atoms with Crippen LogP contribution in [0.4, 0.5) is 5.82 Å². The van der Waals surface area contributed by atoms with Crippen molar-refractivity contribution >= 4 is 11.7 Å². The van der Waals surface area contributed by atoms with Crippen LogP contribution in [0, 0.1) is 11.3 Å². The number of hydrogen-bond acceptors (Lipinski definition) is 4. The maximum atomic E-state index is 12.7. The van der Waals surface area contributed by atoms with Crippen LogP contribution in [0.3, 0.4) is 0 Å². The summed E-state index contributed by atoms with van der Waals surface area (Å²) in [6.07, 6.45) is 1.34. The number of carbonyl (C=O) groups excluding carboxylic acids is 1. The molecule has 0 saturated carbocycles. The zero-order valence-corrected chi connectivity index (χ0v) is 14.4. The molecule has 1 saturated heterocycles. The van der Waals surface area contributed by atoms with E-state index in [1.165, 1.54) is 0 Å². The van der Waals surface area contributed by atoms with Crippen molar-refractivity contribution in [2.75, 3.05) is 18.0 Å². The number of carbonyl (C=O) groups is 1. The molecule has 1 aromatic heterocycles. The van der Waals surface area contributed by atoms with Gasteiger partial charge in [-0.1, -0.05) is 43.3 Å². The Kier molecular flexibility index (Phi) is 5.30. The molecule has 25 heavy (non-hydrogen) atoms. The highest BCUT2D eigenvalue weighted by molar-refractivity contribution is 5.78. The van der Waals surface area contributed by atoms with Crippen molar-refractivity contribution < 1.29 is 4.79 Å². The molecule has 1 atom stereocenters. The van der Waals surface area contributed by atoms with Gasteiger partial charge >= 0.3 is 0 Å². The van der Waals surface area contributed by atoms with Gasteiger partial charge in [0.25, 0.3) is 0 Å². The highest BCUT2D eigenvalue weighted by atomic mass is 16.2. The minimum absolute atomic E-state index is 0.128. The number of amides is 1. The molecule has 0 aliphatic carbocycles. The van der Waals surface area contributed by atoms with E-state index in [1.807, 2.05) is 35.2 Å². The lowest BCUT2D eigenvalue weighted by molar-refractivity contribution is -0.133. The van der Waals surface area contributed by atoms with E-state index in [4.69, 9.17) is 5.26 Å². The van der Waals surface area contributed by atoms with Crippen LogP contribution >= 0.6 is 0 Å². The highest BCUT2D eigenvalue weighted by Crippen LogP contribution is 2.21. The monoisotopic (exact) mass is 334 g/mol. The molecule has 128 valence electrons. The van der Waals surface area contributed by atoms with Crippen molar-refractivity contribution in [3.63, 3.8) is 0 Å². The average Bonchev–Trinajstić information content (AvgIpc) is 2.82. The summed E-state index contributed by atoms with van der Waals surface area (Å²) < 4.78 is 0. The summed E-state index contributed by atoms with van der Waals surface area (Å²) >= 11 is 0. The highest BCUT2D eigenvalue weighted by Gasteiger charge is 2.29. The van der Waals surface area contributed by atoms with Crippen molar-refractivity contribution in [1.82, 2.24) is 9.88 Å². The van der Waals surface area contributed by atoms with Crippen molar-refractivity contribution in [1.29, 1.82) is 5.26 Å². The number of nitriles is 1. The first-order chi connectivity index (χ1) is 12.2. The maximum Gasteiger partial charge on any atom is 0.224 e. The first-order valence-corrected chi connectivity index (χ1v) is 8.66. The van der Waals surface area contributed by atoms with Gasteiger partial charge in [0, 0.05) is 32.1 Å². The SMILES string of the molecule is CC[C@H]1CN(c2cccc(C#N)n2)CCC(=O)N1Cc1ccccc1. The van der Waals surface area contributed by atoms with Crippen molar-refractivity contribution in [3.05, 3.63) is 59.8 Å². The van der Waals surface area contributed by atoms with Crippen molar-refractivity contribution in [2.45, 2.75) is 32.4 Å². The van der Waals surface area contributed by atoms with Crippen LogP contribution in [0.5, 0.6) is 0 Å². The molecular formula is C20H22N4O. The van der Waals surface area contributed by atoms with Gasteiger partial charge in [-0.05, 0) is 24.1 Å². The van der Waals surface area contributed by atoms with E-state index in [1.54, 1.807) is 6.07 Å². The van der Waals surface area contributed by atoms with Crippen LogP contribution in [0.25, 0.3) is 0 Å². The third-order valence-corrected chi connectivity index (χ3v) is 4.63. The smallest absolute Gasteiger partial charge is 0.224 e. The summed E-state index contributed by atoms with van der Waals surface area (Å²) in [5, 5.41) is 9.07. The second-order valence-electron chi connectivity index (χ2n) is 6.26. The Hall–Kier alpha value is -2.87. The molecule has 1 fully saturated rings. The second-order valence-corrected chi connectivity index (χ2v) is 6.26. The van der Waals surface area contributed by atoms with E-state index < -0.39 is 0 Å². The molecule has 3 rings (SSSR count). The summed E-state index contributed by atoms with van der Waals surface area (Å²) in [6.45, 7) is 4.11. The molecule has 0 bridgehead atoms. The maximum absolute atomic E-state index is 12.7. The van der Waals surface area contributed by atoms with Gasteiger partial charge in [-0.15, -0.1) is 0 Å². The average molecular weight is 334 g/mol. The van der Waals surface area contributed by atoms with Crippen molar-refractivity contribution in [3.8, 4) is 6.07 Å². The van der Waals surface area contributed by atoms with E-state index in [0.29, 0.717) is 25.2 Å². The molecule has 0 N–H and O–H groups in total. The summed E-state index contributed by atoms with van der Waals surface area (Å²) in [5.74, 6) is 0.946. The minimum Gasteiger partial charge on any atom is -0.354 e. The summed E-state index contributed by atoms with van der Waals surface area (Å²) in [4.78, 5) is 21.2. The minimum atomic E-state index is 0.128. The summed E-state index contributed by atoms with van der Waals surface area (Å²) in [7, 11) is 0. The van der Waals surface area contributed by atoms with Crippen LogP contribution in [0.15, 0.2) is 48.5 Å². The molecule has 1 amide bonds. The number of pyridine rings is 1. The fraction of sp³-hybridized carbons (Fsp3) is 0.350. The number of nitrogens with zero attached hydrogens (tertiary/aromatic N) is 4. The number of anilines is 1. The van der Waals surface area contributed by atoms with Gasteiger partial charge in [0.1, 0.15) is 17.6 Å². The molecule has 0 radical (unpaired) electrons. The molecule has 0 spiro atoms. The molecule has 1 aliphatic heterocycles. The van der Waals surface area contributed by atoms with E-state index in [-0.39, 0.29) is 11.9 Å². The topological polar surface area (TPSA) is 60.2 Å². The lowest BCUT2D eigenvalue weighted by Crippen LogP contribution is -2.42. The number of benzene rings is 1. The molecular weight excluding hydrogens is 312 g/mol. The summed E-state index contributed by atoms with van der Waals surface area (Å²) in [6, 6.07) is 17.8. The third kappa shape index (κ3) is 3.97. The van der Waals surface area contributed by atoms with E-state index in [0.717, 1.165) is 24.3 Å². The zero-order chi connectivity index (χ0) is 17.6. The Morgan fingerprint density at radius 3 is 2.72 bits per heavy atom. The fourth-order valence-electron chi connectivity index (χ4n) is 3.24. The number of hydrogen-bond donors (Lipinski definition) is 0. The molecule has 5 heteroatoms. The molecule has 5 nitrogen and oxygen atoms in total.